The molecule has 0 aromatic heterocycles. The normalized spacial score (nSPS) is 21.9. The Labute approximate surface area is 100 Å². The van der Waals surface area contributed by atoms with E-state index in [1.165, 1.54) is 0 Å². The molecule has 1 saturated carbocycles. The van der Waals surface area contributed by atoms with Crippen LogP contribution in [0.15, 0.2) is 29.8 Å². The Morgan fingerprint density at radius 1 is 1.35 bits per heavy atom. The van der Waals surface area contributed by atoms with Crippen molar-refractivity contribution in [3.63, 3.8) is 0 Å². The van der Waals surface area contributed by atoms with Crippen molar-refractivity contribution >= 4 is 12.0 Å². The summed E-state index contributed by atoms with van der Waals surface area (Å²) in [5.41, 5.74) is 2.90. The van der Waals surface area contributed by atoms with Crippen LogP contribution >= 0.6 is 0 Å². The van der Waals surface area contributed by atoms with Gasteiger partial charge >= 0.3 is 5.97 Å². The van der Waals surface area contributed by atoms with Gasteiger partial charge in [0.25, 0.3) is 0 Å². The zero-order chi connectivity index (χ0) is 12.3. The number of benzene rings is 1. The summed E-state index contributed by atoms with van der Waals surface area (Å²) in [7, 11) is 0. The van der Waals surface area contributed by atoms with Crippen molar-refractivity contribution in [3.8, 4) is 0 Å². The van der Waals surface area contributed by atoms with Crippen molar-refractivity contribution in [2.75, 3.05) is 0 Å². The highest BCUT2D eigenvalue weighted by Crippen LogP contribution is 2.26. The minimum atomic E-state index is -0.817. The molecule has 1 aliphatic carbocycles. The Morgan fingerprint density at radius 2 is 2.06 bits per heavy atom. The van der Waals surface area contributed by atoms with Crippen LogP contribution in [0.3, 0.4) is 0 Å². The van der Waals surface area contributed by atoms with Crippen LogP contribution in [0.4, 0.5) is 0 Å². The van der Waals surface area contributed by atoms with Crippen LogP contribution < -0.4 is 0 Å². The first-order valence-corrected chi connectivity index (χ1v) is 5.84. The molecule has 17 heavy (non-hydrogen) atoms. The van der Waals surface area contributed by atoms with E-state index in [1.54, 1.807) is 0 Å². The van der Waals surface area contributed by atoms with Gasteiger partial charge in [0.05, 0.1) is 12.5 Å². The lowest BCUT2D eigenvalue weighted by Gasteiger charge is -2.04. The molecular weight excluding hydrogens is 216 g/mol. The highest BCUT2D eigenvalue weighted by molar-refractivity contribution is 5.70. The highest BCUT2D eigenvalue weighted by Gasteiger charge is 2.17. The van der Waals surface area contributed by atoms with E-state index in [-0.39, 0.29) is 12.5 Å². The lowest BCUT2D eigenvalue weighted by molar-refractivity contribution is -0.136. The lowest BCUT2D eigenvalue weighted by atomic mass is 10.1. The van der Waals surface area contributed by atoms with Crippen molar-refractivity contribution in [3.05, 3.63) is 41.0 Å². The molecule has 0 spiro atoms. The topological polar surface area (TPSA) is 57.5 Å². The monoisotopic (exact) mass is 232 g/mol. The maximum atomic E-state index is 10.5. The minimum Gasteiger partial charge on any atom is -0.481 e. The molecule has 1 aromatic carbocycles. The summed E-state index contributed by atoms with van der Waals surface area (Å²) >= 11 is 0. The van der Waals surface area contributed by atoms with Crippen LogP contribution in [0, 0.1) is 0 Å². The fraction of sp³-hybridized carbons (Fsp3) is 0.357. The fourth-order valence-electron chi connectivity index (χ4n) is 2.14. The first kappa shape index (κ1) is 11.9. The van der Waals surface area contributed by atoms with E-state index in [9.17, 15) is 9.90 Å². The van der Waals surface area contributed by atoms with Gasteiger partial charge in [0, 0.05) is 0 Å². The number of hydrogen-bond donors (Lipinski definition) is 2. The average Bonchev–Trinajstić information content (AvgIpc) is 2.67. The molecule has 2 N–H and O–H groups in total. The molecule has 0 saturated heterocycles. The van der Waals surface area contributed by atoms with Crippen LogP contribution in [-0.2, 0) is 11.2 Å². The van der Waals surface area contributed by atoms with Crippen LogP contribution in [0.5, 0.6) is 0 Å². The smallest absolute Gasteiger partial charge is 0.307 e. The summed E-state index contributed by atoms with van der Waals surface area (Å²) in [5, 5.41) is 18.3. The number of carboxylic acids is 1. The standard InChI is InChI=1S/C14H16O3/c15-13-3-1-2-12(13)8-10-4-6-11(7-5-10)9-14(16)17/h4-8,13,15H,1-3,9H2,(H,16,17)/b12-8-. The second-order valence-electron chi connectivity index (χ2n) is 4.44. The van der Waals surface area contributed by atoms with Gasteiger partial charge < -0.3 is 10.2 Å². The molecule has 0 amide bonds. The third kappa shape index (κ3) is 3.17. The number of hydrogen-bond acceptors (Lipinski definition) is 2. The van der Waals surface area contributed by atoms with Gasteiger partial charge in [-0.3, -0.25) is 4.79 Å². The van der Waals surface area contributed by atoms with E-state index >= 15 is 0 Å². The van der Waals surface area contributed by atoms with Crippen LogP contribution in [0.2, 0.25) is 0 Å². The first-order chi connectivity index (χ1) is 8.15. The summed E-state index contributed by atoms with van der Waals surface area (Å²) in [4.78, 5) is 10.5. The van der Waals surface area contributed by atoms with E-state index < -0.39 is 5.97 Å². The SMILES string of the molecule is O=C(O)Cc1ccc(/C=C2/CCCC2O)cc1. The molecule has 3 nitrogen and oxygen atoms in total. The number of carbonyl (C=O) groups is 1. The van der Waals surface area contributed by atoms with Crippen molar-refractivity contribution in [2.45, 2.75) is 31.8 Å². The van der Waals surface area contributed by atoms with Gasteiger partial charge in [-0.2, -0.15) is 0 Å². The van der Waals surface area contributed by atoms with E-state index in [1.807, 2.05) is 30.3 Å². The molecule has 0 heterocycles. The van der Waals surface area contributed by atoms with E-state index in [0.717, 1.165) is 36.0 Å². The average molecular weight is 232 g/mol. The zero-order valence-electron chi connectivity index (χ0n) is 9.60. The molecule has 1 aliphatic rings. The predicted molar refractivity (Wildman–Crippen MR) is 65.6 cm³/mol. The highest BCUT2D eigenvalue weighted by atomic mass is 16.4. The van der Waals surface area contributed by atoms with Crippen LogP contribution in [0.25, 0.3) is 6.08 Å². The van der Waals surface area contributed by atoms with Crippen molar-refractivity contribution in [2.24, 2.45) is 0 Å². The predicted octanol–water partition coefficient (Wildman–Crippen LogP) is 2.24. The molecular formula is C14H16O3. The van der Waals surface area contributed by atoms with Gasteiger partial charge in [-0.1, -0.05) is 30.3 Å². The van der Waals surface area contributed by atoms with Gasteiger partial charge in [-0.05, 0) is 36.0 Å². The van der Waals surface area contributed by atoms with Gasteiger partial charge in [0.2, 0.25) is 0 Å². The van der Waals surface area contributed by atoms with E-state index in [0.29, 0.717) is 0 Å². The van der Waals surface area contributed by atoms with Crippen molar-refractivity contribution < 1.29 is 15.0 Å². The third-order valence-corrected chi connectivity index (χ3v) is 3.06. The summed E-state index contributed by atoms with van der Waals surface area (Å²) < 4.78 is 0. The third-order valence-electron chi connectivity index (χ3n) is 3.06. The lowest BCUT2D eigenvalue weighted by Crippen LogP contribution is -2.01. The Bertz CT molecular complexity index is 431. The maximum absolute atomic E-state index is 10.5. The van der Waals surface area contributed by atoms with Crippen LogP contribution in [0.1, 0.15) is 30.4 Å². The first-order valence-electron chi connectivity index (χ1n) is 5.84. The second kappa shape index (κ2) is 5.15. The van der Waals surface area contributed by atoms with E-state index in [4.69, 9.17) is 5.11 Å². The zero-order valence-corrected chi connectivity index (χ0v) is 9.60. The van der Waals surface area contributed by atoms with Crippen molar-refractivity contribution in [1.29, 1.82) is 0 Å². The molecule has 1 atom stereocenters. The summed E-state index contributed by atoms with van der Waals surface area (Å²) in [6, 6.07) is 7.44. The number of rotatable bonds is 3. The molecule has 3 heteroatoms. The quantitative estimate of drug-likeness (QED) is 0.840. The molecule has 0 aliphatic heterocycles. The summed E-state index contributed by atoms with van der Waals surface area (Å²) in [5.74, 6) is -0.817. The molecule has 1 unspecified atom stereocenters. The Balaban J connectivity index is 2.10. The second-order valence-corrected chi connectivity index (χ2v) is 4.44. The molecule has 2 rings (SSSR count). The number of aliphatic hydroxyl groups is 1. The molecule has 1 fully saturated rings. The number of carboxylic acid groups (broad SMARTS) is 1. The summed E-state index contributed by atoms with van der Waals surface area (Å²) in [6.07, 6.45) is 4.61. The van der Waals surface area contributed by atoms with Crippen molar-refractivity contribution in [1.82, 2.24) is 0 Å². The van der Waals surface area contributed by atoms with Gasteiger partial charge in [-0.25, -0.2) is 0 Å². The minimum absolute atomic E-state index is 0.0550. The fourth-order valence-corrected chi connectivity index (χ4v) is 2.14. The number of aliphatic hydroxyl groups excluding tert-OH is 1. The molecule has 1 aromatic rings. The maximum Gasteiger partial charge on any atom is 0.307 e. The van der Waals surface area contributed by atoms with Crippen LogP contribution in [-0.4, -0.2) is 22.3 Å². The Morgan fingerprint density at radius 3 is 2.59 bits per heavy atom. The molecule has 0 radical (unpaired) electrons. The molecule has 0 bridgehead atoms. The van der Waals surface area contributed by atoms with Gasteiger partial charge in [0.1, 0.15) is 0 Å². The van der Waals surface area contributed by atoms with Gasteiger partial charge in [-0.15, -0.1) is 0 Å². The largest absolute Gasteiger partial charge is 0.481 e. The van der Waals surface area contributed by atoms with Gasteiger partial charge in [0.15, 0.2) is 0 Å². The molecule has 90 valence electrons. The Hall–Kier alpha value is -1.61. The Kier molecular flexibility index (Phi) is 3.59. The number of aliphatic carboxylic acids is 1. The van der Waals surface area contributed by atoms with E-state index in [2.05, 4.69) is 0 Å². The summed E-state index contributed by atoms with van der Waals surface area (Å²) in [6.45, 7) is 0.